The van der Waals surface area contributed by atoms with Crippen LogP contribution in [-0.2, 0) is 0 Å². The molecular formula is C19H12Cl3N3S. The van der Waals surface area contributed by atoms with Crippen molar-refractivity contribution in [3.8, 4) is 11.1 Å². The lowest BCUT2D eigenvalue weighted by Gasteiger charge is -2.10. The standard InChI is InChI=1S/C19H12Cl3N3S/c1-10-16(11-2-4-12(20)5-3-11)17-18(23-9-24-19(17)26-10)25-15-7-6-13(21)8-14(15)22/h2-9H,1H3,(H,23,24,25). The second-order valence-corrected chi connectivity index (χ2v) is 8.18. The van der Waals surface area contributed by atoms with Crippen LogP contribution >= 0.6 is 46.1 Å². The van der Waals surface area contributed by atoms with E-state index in [2.05, 4.69) is 22.2 Å². The lowest BCUT2D eigenvalue weighted by molar-refractivity contribution is 1.23. The Labute approximate surface area is 169 Å². The normalized spacial score (nSPS) is 11.1. The Kier molecular flexibility index (Phi) is 4.76. The van der Waals surface area contributed by atoms with Crippen molar-refractivity contribution in [2.45, 2.75) is 6.92 Å². The largest absolute Gasteiger partial charge is 0.338 e. The Morgan fingerprint density at radius 3 is 2.38 bits per heavy atom. The van der Waals surface area contributed by atoms with Gasteiger partial charge in [-0.05, 0) is 42.8 Å². The van der Waals surface area contributed by atoms with Gasteiger partial charge in [-0.25, -0.2) is 9.97 Å². The maximum atomic E-state index is 6.31. The van der Waals surface area contributed by atoms with Crippen LogP contribution < -0.4 is 5.32 Å². The summed E-state index contributed by atoms with van der Waals surface area (Å²) in [4.78, 5) is 11.0. The molecule has 4 rings (SSSR count). The summed E-state index contributed by atoms with van der Waals surface area (Å²) in [6, 6.07) is 13.1. The van der Waals surface area contributed by atoms with Gasteiger partial charge >= 0.3 is 0 Å². The van der Waals surface area contributed by atoms with E-state index < -0.39 is 0 Å². The van der Waals surface area contributed by atoms with Gasteiger partial charge in [0.05, 0.1) is 16.1 Å². The summed E-state index contributed by atoms with van der Waals surface area (Å²) in [5.74, 6) is 0.702. The number of nitrogens with one attached hydrogen (secondary N) is 1. The summed E-state index contributed by atoms with van der Waals surface area (Å²) < 4.78 is 0. The monoisotopic (exact) mass is 419 g/mol. The van der Waals surface area contributed by atoms with E-state index in [4.69, 9.17) is 34.8 Å². The highest BCUT2D eigenvalue weighted by molar-refractivity contribution is 7.19. The van der Waals surface area contributed by atoms with Crippen molar-refractivity contribution in [2.75, 3.05) is 5.32 Å². The van der Waals surface area contributed by atoms with Crippen molar-refractivity contribution in [3.05, 3.63) is 68.7 Å². The first-order valence-electron chi connectivity index (χ1n) is 7.75. The zero-order valence-electron chi connectivity index (χ0n) is 13.6. The predicted molar refractivity (Wildman–Crippen MR) is 112 cm³/mol. The van der Waals surface area contributed by atoms with Gasteiger partial charge in [0.15, 0.2) is 0 Å². The number of aromatic nitrogens is 2. The number of benzene rings is 2. The smallest absolute Gasteiger partial charge is 0.143 e. The first kappa shape index (κ1) is 17.6. The first-order chi connectivity index (χ1) is 12.5. The van der Waals surface area contributed by atoms with Crippen molar-refractivity contribution in [1.82, 2.24) is 9.97 Å². The Hall–Kier alpha value is -1.85. The lowest BCUT2D eigenvalue weighted by atomic mass is 10.0. The summed E-state index contributed by atoms with van der Waals surface area (Å²) >= 11 is 20.0. The molecule has 7 heteroatoms. The van der Waals surface area contributed by atoms with Crippen molar-refractivity contribution >= 4 is 67.9 Å². The van der Waals surface area contributed by atoms with Crippen LogP contribution in [0.25, 0.3) is 21.3 Å². The lowest BCUT2D eigenvalue weighted by Crippen LogP contribution is -1.96. The number of nitrogens with zero attached hydrogens (tertiary/aromatic N) is 2. The van der Waals surface area contributed by atoms with Crippen LogP contribution in [0.15, 0.2) is 48.8 Å². The minimum absolute atomic E-state index is 0.532. The zero-order valence-corrected chi connectivity index (χ0v) is 16.6. The number of thiophene rings is 1. The third-order valence-electron chi connectivity index (χ3n) is 3.98. The second kappa shape index (κ2) is 7.05. The van der Waals surface area contributed by atoms with Crippen molar-refractivity contribution < 1.29 is 0 Å². The van der Waals surface area contributed by atoms with E-state index in [1.165, 1.54) is 0 Å². The van der Waals surface area contributed by atoms with E-state index in [1.807, 2.05) is 30.3 Å². The molecule has 26 heavy (non-hydrogen) atoms. The summed E-state index contributed by atoms with van der Waals surface area (Å²) in [7, 11) is 0. The molecule has 0 unspecified atom stereocenters. The summed E-state index contributed by atoms with van der Waals surface area (Å²) in [5, 5.41) is 6.10. The molecule has 0 atom stereocenters. The molecule has 0 radical (unpaired) electrons. The fourth-order valence-corrected chi connectivity index (χ4v) is 4.42. The van der Waals surface area contributed by atoms with Gasteiger partial charge in [0, 0.05) is 20.5 Å². The summed E-state index contributed by atoms with van der Waals surface area (Å²) in [6.07, 6.45) is 1.55. The van der Waals surface area contributed by atoms with Crippen molar-refractivity contribution in [2.24, 2.45) is 0 Å². The van der Waals surface area contributed by atoms with Crippen LogP contribution in [0.4, 0.5) is 11.5 Å². The topological polar surface area (TPSA) is 37.8 Å². The van der Waals surface area contributed by atoms with Gasteiger partial charge in [-0.1, -0.05) is 46.9 Å². The Bertz CT molecular complexity index is 1110. The van der Waals surface area contributed by atoms with Crippen LogP contribution in [0, 0.1) is 6.92 Å². The highest BCUT2D eigenvalue weighted by atomic mass is 35.5. The first-order valence-corrected chi connectivity index (χ1v) is 9.70. The van der Waals surface area contributed by atoms with E-state index >= 15 is 0 Å². The predicted octanol–water partition coefficient (Wildman–Crippen LogP) is 7.37. The quantitative estimate of drug-likeness (QED) is 0.376. The van der Waals surface area contributed by atoms with Gasteiger partial charge in [0.25, 0.3) is 0 Å². The molecule has 0 saturated heterocycles. The van der Waals surface area contributed by atoms with Crippen molar-refractivity contribution in [1.29, 1.82) is 0 Å². The molecule has 0 fully saturated rings. The third-order valence-corrected chi connectivity index (χ3v) is 5.79. The van der Waals surface area contributed by atoms with E-state index in [0.29, 0.717) is 20.9 Å². The minimum Gasteiger partial charge on any atom is -0.338 e. The van der Waals surface area contributed by atoms with Gasteiger partial charge in [0.2, 0.25) is 0 Å². The molecule has 3 nitrogen and oxygen atoms in total. The maximum absolute atomic E-state index is 6.31. The number of hydrogen-bond donors (Lipinski definition) is 1. The Morgan fingerprint density at radius 2 is 1.65 bits per heavy atom. The summed E-state index contributed by atoms with van der Waals surface area (Å²) in [6.45, 7) is 2.08. The van der Waals surface area contributed by atoms with Gasteiger partial charge in [0.1, 0.15) is 17.0 Å². The molecule has 2 aromatic carbocycles. The number of halogens is 3. The molecule has 2 heterocycles. The highest BCUT2D eigenvalue weighted by Gasteiger charge is 2.17. The van der Waals surface area contributed by atoms with E-state index in [-0.39, 0.29) is 0 Å². The third kappa shape index (κ3) is 3.26. The van der Waals surface area contributed by atoms with Gasteiger partial charge < -0.3 is 5.32 Å². The van der Waals surface area contributed by atoms with Crippen LogP contribution in [0.5, 0.6) is 0 Å². The van der Waals surface area contributed by atoms with Gasteiger partial charge in [-0.15, -0.1) is 11.3 Å². The molecule has 0 aliphatic carbocycles. The van der Waals surface area contributed by atoms with Crippen LogP contribution in [0.3, 0.4) is 0 Å². The maximum Gasteiger partial charge on any atom is 0.143 e. The fraction of sp³-hybridized carbons (Fsp3) is 0.0526. The molecular weight excluding hydrogens is 409 g/mol. The molecule has 4 aromatic rings. The number of aryl methyl sites for hydroxylation is 1. The molecule has 1 N–H and O–H groups in total. The van der Waals surface area contributed by atoms with Gasteiger partial charge in [-0.2, -0.15) is 0 Å². The molecule has 0 amide bonds. The number of hydrogen-bond acceptors (Lipinski definition) is 4. The number of fused-ring (bicyclic) bond motifs is 1. The number of anilines is 2. The Morgan fingerprint density at radius 1 is 0.923 bits per heavy atom. The zero-order chi connectivity index (χ0) is 18.3. The molecule has 0 spiro atoms. The molecule has 0 aliphatic heterocycles. The van der Waals surface area contributed by atoms with E-state index in [1.54, 1.807) is 29.8 Å². The summed E-state index contributed by atoms with van der Waals surface area (Å²) in [5.41, 5.74) is 2.90. The van der Waals surface area contributed by atoms with Crippen LogP contribution in [0.2, 0.25) is 15.1 Å². The van der Waals surface area contributed by atoms with Crippen LogP contribution in [0.1, 0.15) is 4.88 Å². The SMILES string of the molecule is Cc1sc2ncnc(Nc3ccc(Cl)cc3Cl)c2c1-c1ccc(Cl)cc1. The fourth-order valence-electron chi connectivity index (χ4n) is 2.82. The highest BCUT2D eigenvalue weighted by Crippen LogP contribution is 2.41. The van der Waals surface area contributed by atoms with Crippen molar-refractivity contribution in [3.63, 3.8) is 0 Å². The second-order valence-electron chi connectivity index (χ2n) is 5.69. The van der Waals surface area contributed by atoms with Gasteiger partial charge in [-0.3, -0.25) is 0 Å². The van der Waals surface area contributed by atoms with Crippen LogP contribution in [-0.4, -0.2) is 9.97 Å². The molecule has 0 aliphatic rings. The van der Waals surface area contributed by atoms with E-state index in [0.717, 1.165) is 31.9 Å². The Balaban J connectivity index is 1.89. The van der Waals surface area contributed by atoms with E-state index in [9.17, 15) is 0 Å². The molecule has 0 saturated carbocycles. The molecule has 2 aromatic heterocycles. The average molecular weight is 421 g/mol. The molecule has 130 valence electrons. The average Bonchev–Trinajstić information content (AvgIpc) is 2.95. The molecule has 0 bridgehead atoms. The number of rotatable bonds is 3. The minimum atomic E-state index is 0.532.